The fraction of sp³-hybridized carbons (Fsp3) is 0.429. The maximum atomic E-state index is 10.1. The van der Waals surface area contributed by atoms with E-state index in [9.17, 15) is 5.11 Å². The van der Waals surface area contributed by atoms with E-state index in [0.717, 1.165) is 11.4 Å². The quantitative estimate of drug-likeness (QED) is 0.809. The SMILES string of the molecule is Cc1cccc(CN(C)CC(O)Cn2cc(N)cn2)n1. The van der Waals surface area contributed by atoms with Crippen molar-refractivity contribution in [1.29, 1.82) is 0 Å². The lowest BCUT2D eigenvalue weighted by atomic mass is 10.2. The Morgan fingerprint density at radius 3 is 2.90 bits per heavy atom. The first-order chi connectivity index (χ1) is 9.52. The highest BCUT2D eigenvalue weighted by atomic mass is 16.3. The van der Waals surface area contributed by atoms with Gasteiger partial charge in [-0.2, -0.15) is 5.10 Å². The Bertz CT molecular complexity index is 554. The molecule has 0 aliphatic rings. The zero-order chi connectivity index (χ0) is 14.5. The van der Waals surface area contributed by atoms with Gasteiger partial charge in [-0.1, -0.05) is 6.07 Å². The number of nitrogens with two attached hydrogens (primary N) is 1. The molecule has 0 saturated carbocycles. The number of pyridine rings is 1. The fourth-order valence-corrected chi connectivity index (χ4v) is 2.14. The van der Waals surface area contributed by atoms with Crippen LogP contribution in [-0.4, -0.2) is 44.5 Å². The lowest BCUT2D eigenvalue weighted by Crippen LogP contribution is -2.32. The molecule has 1 atom stereocenters. The van der Waals surface area contributed by atoms with Gasteiger partial charge < -0.3 is 10.8 Å². The van der Waals surface area contributed by atoms with Crippen LogP contribution in [0.25, 0.3) is 0 Å². The number of aliphatic hydroxyl groups excluding tert-OH is 1. The van der Waals surface area contributed by atoms with Crippen molar-refractivity contribution in [3.05, 3.63) is 42.0 Å². The van der Waals surface area contributed by atoms with Crippen molar-refractivity contribution >= 4 is 5.69 Å². The van der Waals surface area contributed by atoms with E-state index >= 15 is 0 Å². The Balaban J connectivity index is 1.83. The molecule has 6 heteroatoms. The third-order valence-corrected chi connectivity index (χ3v) is 2.95. The van der Waals surface area contributed by atoms with Gasteiger partial charge in [-0.3, -0.25) is 14.6 Å². The van der Waals surface area contributed by atoms with Crippen LogP contribution in [0.3, 0.4) is 0 Å². The maximum Gasteiger partial charge on any atom is 0.0862 e. The Morgan fingerprint density at radius 2 is 2.25 bits per heavy atom. The molecule has 108 valence electrons. The minimum absolute atomic E-state index is 0.433. The summed E-state index contributed by atoms with van der Waals surface area (Å²) in [5, 5.41) is 14.1. The molecule has 0 aliphatic heterocycles. The largest absolute Gasteiger partial charge is 0.396 e. The first-order valence-corrected chi connectivity index (χ1v) is 6.60. The van der Waals surface area contributed by atoms with Crippen LogP contribution < -0.4 is 5.73 Å². The number of aryl methyl sites for hydroxylation is 1. The van der Waals surface area contributed by atoms with Crippen LogP contribution in [-0.2, 0) is 13.1 Å². The number of likely N-dealkylation sites (N-methyl/N-ethyl adjacent to an activating group) is 1. The number of aromatic nitrogens is 3. The molecule has 6 nitrogen and oxygen atoms in total. The summed E-state index contributed by atoms with van der Waals surface area (Å²) in [5.74, 6) is 0. The number of nitrogens with zero attached hydrogens (tertiary/aromatic N) is 4. The summed E-state index contributed by atoms with van der Waals surface area (Å²) >= 11 is 0. The zero-order valence-corrected chi connectivity index (χ0v) is 11.9. The second-order valence-electron chi connectivity index (χ2n) is 5.12. The standard InChI is InChI=1S/C14H21N5O/c1-11-4-3-5-13(17-11)8-18(2)9-14(20)10-19-7-12(15)6-16-19/h3-7,14,20H,8-10,15H2,1-2H3. The molecule has 0 spiro atoms. The van der Waals surface area contributed by atoms with Crippen LogP contribution >= 0.6 is 0 Å². The minimum Gasteiger partial charge on any atom is -0.396 e. The zero-order valence-electron chi connectivity index (χ0n) is 11.9. The van der Waals surface area contributed by atoms with Crippen LogP contribution in [0, 0.1) is 6.92 Å². The van der Waals surface area contributed by atoms with Crippen LogP contribution in [0.2, 0.25) is 0 Å². The Kier molecular flexibility index (Phi) is 4.70. The van der Waals surface area contributed by atoms with Crippen molar-refractivity contribution in [1.82, 2.24) is 19.7 Å². The summed E-state index contributed by atoms with van der Waals surface area (Å²) < 4.78 is 1.65. The second kappa shape index (κ2) is 6.49. The van der Waals surface area contributed by atoms with Gasteiger partial charge in [0, 0.05) is 25.0 Å². The number of anilines is 1. The molecule has 0 aromatic carbocycles. The van der Waals surface area contributed by atoms with Gasteiger partial charge in [0.15, 0.2) is 0 Å². The van der Waals surface area contributed by atoms with Crippen molar-refractivity contribution < 1.29 is 5.11 Å². The highest BCUT2D eigenvalue weighted by Gasteiger charge is 2.10. The van der Waals surface area contributed by atoms with Crippen molar-refractivity contribution in [3.63, 3.8) is 0 Å². The van der Waals surface area contributed by atoms with Gasteiger partial charge in [-0.25, -0.2) is 0 Å². The number of nitrogen functional groups attached to an aromatic ring is 1. The Morgan fingerprint density at radius 1 is 1.45 bits per heavy atom. The summed E-state index contributed by atoms with van der Waals surface area (Å²) in [6.45, 7) is 3.67. The number of hydrogen-bond acceptors (Lipinski definition) is 5. The van der Waals surface area contributed by atoms with Crippen molar-refractivity contribution in [3.8, 4) is 0 Å². The van der Waals surface area contributed by atoms with E-state index in [-0.39, 0.29) is 0 Å². The number of aliphatic hydroxyl groups is 1. The van der Waals surface area contributed by atoms with E-state index in [4.69, 9.17) is 5.73 Å². The lowest BCUT2D eigenvalue weighted by Gasteiger charge is -2.20. The molecular weight excluding hydrogens is 254 g/mol. The average Bonchev–Trinajstić information content (AvgIpc) is 2.74. The molecule has 0 fully saturated rings. The molecule has 2 heterocycles. The topological polar surface area (TPSA) is 80.2 Å². The second-order valence-corrected chi connectivity index (χ2v) is 5.12. The van der Waals surface area contributed by atoms with E-state index in [1.807, 2.05) is 37.1 Å². The molecule has 20 heavy (non-hydrogen) atoms. The third kappa shape index (κ3) is 4.32. The lowest BCUT2D eigenvalue weighted by molar-refractivity contribution is 0.103. The van der Waals surface area contributed by atoms with Crippen LogP contribution in [0.4, 0.5) is 5.69 Å². The van der Waals surface area contributed by atoms with E-state index in [1.54, 1.807) is 17.1 Å². The summed E-state index contributed by atoms with van der Waals surface area (Å²) in [4.78, 5) is 6.49. The first kappa shape index (κ1) is 14.5. The van der Waals surface area contributed by atoms with Crippen molar-refractivity contribution in [2.45, 2.75) is 26.1 Å². The van der Waals surface area contributed by atoms with Gasteiger partial charge in [0.1, 0.15) is 0 Å². The molecule has 0 aliphatic carbocycles. The molecule has 2 aromatic rings. The first-order valence-electron chi connectivity index (χ1n) is 6.60. The smallest absolute Gasteiger partial charge is 0.0862 e. The van der Waals surface area contributed by atoms with Gasteiger partial charge in [-0.05, 0) is 26.1 Å². The summed E-state index contributed by atoms with van der Waals surface area (Å²) in [5.41, 5.74) is 8.20. The van der Waals surface area contributed by atoms with Gasteiger partial charge in [0.2, 0.25) is 0 Å². The van der Waals surface area contributed by atoms with Crippen LogP contribution in [0.5, 0.6) is 0 Å². The molecular formula is C14H21N5O. The van der Waals surface area contributed by atoms with E-state index in [1.165, 1.54) is 0 Å². The molecule has 0 bridgehead atoms. The number of rotatable bonds is 6. The van der Waals surface area contributed by atoms with Gasteiger partial charge in [-0.15, -0.1) is 0 Å². The van der Waals surface area contributed by atoms with Gasteiger partial charge in [0.05, 0.1) is 30.2 Å². The normalized spacial score (nSPS) is 12.8. The molecule has 2 rings (SSSR count). The van der Waals surface area contributed by atoms with E-state index < -0.39 is 6.10 Å². The highest BCUT2D eigenvalue weighted by Crippen LogP contribution is 2.04. The third-order valence-electron chi connectivity index (χ3n) is 2.95. The predicted octanol–water partition coefficient (Wildman–Crippen LogP) is 0.662. The van der Waals surface area contributed by atoms with Crippen molar-refractivity contribution in [2.24, 2.45) is 0 Å². The van der Waals surface area contributed by atoms with Crippen LogP contribution in [0.15, 0.2) is 30.6 Å². The minimum atomic E-state index is -0.496. The summed E-state index contributed by atoms with van der Waals surface area (Å²) in [6.07, 6.45) is 2.79. The van der Waals surface area contributed by atoms with Crippen LogP contribution in [0.1, 0.15) is 11.4 Å². The maximum absolute atomic E-state index is 10.1. The fourth-order valence-electron chi connectivity index (χ4n) is 2.14. The van der Waals surface area contributed by atoms with Gasteiger partial charge >= 0.3 is 0 Å². The number of hydrogen-bond donors (Lipinski definition) is 2. The molecule has 0 amide bonds. The average molecular weight is 275 g/mol. The molecule has 0 radical (unpaired) electrons. The molecule has 0 saturated heterocycles. The summed E-state index contributed by atoms with van der Waals surface area (Å²) in [7, 11) is 1.96. The van der Waals surface area contributed by atoms with E-state index in [0.29, 0.717) is 25.3 Å². The molecule has 3 N–H and O–H groups in total. The van der Waals surface area contributed by atoms with Crippen molar-refractivity contribution in [2.75, 3.05) is 19.3 Å². The monoisotopic (exact) mass is 275 g/mol. The molecule has 2 aromatic heterocycles. The Hall–Kier alpha value is -1.92. The summed E-state index contributed by atoms with van der Waals surface area (Å²) in [6, 6.07) is 5.96. The highest BCUT2D eigenvalue weighted by molar-refractivity contribution is 5.30. The predicted molar refractivity (Wildman–Crippen MR) is 78.0 cm³/mol. The van der Waals surface area contributed by atoms with Gasteiger partial charge in [0.25, 0.3) is 0 Å². The molecule has 1 unspecified atom stereocenters. The van der Waals surface area contributed by atoms with E-state index in [2.05, 4.69) is 10.1 Å². The Labute approximate surface area is 118 Å².